The van der Waals surface area contributed by atoms with E-state index in [1.54, 1.807) is 48.2 Å². The van der Waals surface area contributed by atoms with Crippen LogP contribution in [0.25, 0.3) is 0 Å². The maximum Gasteiger partial charge on any atom is 0.412 e. The van der Waals surface area contributed by atoms with E-state index in [9.17, 15) is 14.4 Å². The Morgan fingerprint density at radius 1 is 0.861 bits per heavy atom. The Kier molecular flexibility index (Phi) is 8.46. The first kappa shape index (κ1) is 25.1. The van der Waals surface area contributed by atoms with Crippen LogP contribution in [0.4, 0.5) is 21.0 Å². The molecule has 0 radical (unpaired) electrons. The van der Waals surface area contributed by atoms with Gasteiger partial charge in [0.1, 0.15) is 6.61 Å². The Morgan fingerprint density at radius 3 is 2.11 bits per heavy atom. The van der Waals surface area contributed by atoms with Gasteiger partial charge in [0.2, 0.25) is 0 Å². The molecular weight excluding hydrogens is 478 g/mol. The van der Waals surface area contributed by atoms with Gasteiger partial charge in [0.05, 0.1) is 11.4 Å². The van der Waals surface area contributed by atoms with Crippen molar-refractivity contribution in [1.82, 2.24) is 4.90 Å². The standard InChI is InChI=1S/C27H27N3O5S/c31-25(20-10-12-21(13-11-20)36-22-14-16-30(17-15-22)27(33)34)28-23-8-4-5-9-24(23)29-26(32)35-18-19-6-2-1-3-7-19/h1-13,22H,14-18H2,(H,28,31)(H,29,32)(H,33,34). The number of amides is 3. The first-order valence-corrected chi connectivity index (χ1v) is 12.5. The Hall–Kier alpha value is -3.98. The summed E-state index contributed by atoms with van der Waals surface area (Å²) in [6.07, 6.45) is 0.124. The van der Waals surface area contributed by atoms with Crippen LogP contribution in [0, 0.1) is 0 Å². The van der Waals surface area contributed by atoms with E-state index in [1.165, 1.54) is 4.90 Å². The summed E-state index contributed by atoms with van der Waals surface area (Å²) in [5.74, 6) is -0.298. The predicted octanol–water partition coefficient (Wildman–Crippen LogP) is 5.92. The van der Waals surface area contributed by atoms with Gasteiger partial charge in [0.15, 0.2) is 0 Å². The molecule has 3 N–H and O–H groups in total. The van der Waals surface area contributed by atoms with Crippen LogP contribution < -0.4 is 10.6 Å². The van der Waals surface area contributed by atoms with Gasteiger partial charge in [-0.1, -0.05) is 42.5 Å². The summed E-state index contributed by atoms with van der Waals surface area (Å²) >= 11 is 1.70. The van der Waals surface area contributed by atoms with Crippen LogP contribution >= 0.6 is 11.8 Å². The third kappa shape index (κ3) is 7.02. The summed E-state index contributed by atoms with van der Waals surface area (Å²) in [5.41, 5.74) is 2.26. The molecule has 0 aromatic heterocycles. The summed E-state index contributed by atoms with van der Waals surface area (Å²) in [7, 11) is 0. The lowest BCUT2D eigenvalue weighted by Crippen LogP contribution is -2.38. The summed E-state index contributed by atoms with van der Waals surface area (Å²) in [6.45, 7) is 1.23. The van der Waals surface area contributed by atoms with E-state index in [2.05, 4.69) is 10.6 Å². The summed E-state index contributed by atoms with van der Waals surface area (Å²) in [6, 6.07) is 23.6. The van der Waals surface area contributed by atoms with Crippen molar-refractivity contribution < 1.29 is 24.2 Å². The minimum Gasteiger partial charge on any atom is -0.465 e. The van der Waals surface area contributed by atoms with Gasteiger partial charge >= 0.3 is 12.2 Å². The van der Waals surface area contributed by atoms with Crippen LogP contribution in [-0.2, 0) is 11.3 Å². The SMILES string of the molecule is O=C(Nc1ccccc1NC(=O)c1ccc(SC2CCN(C(=O)O)CC2)cc1)OCc1ccccc1. The van der Waals surface area contributed by atoms with Crippen molar-refractivity contribution >= 4 is 41.2 Å². The predicted molar refractivity (Wildman–Crippen MR) is 140 cm³/mol. The van der Waals surface area contributed by atoms with Gasteiger partial charge in [-0.25, -0.2) is 9.59 Å². The molecule has 1 fully saturated rings. The van der Waals surface area contributed by atoms with Gasteiger partial charge in [-0.15, -0.1) is 11.8 Å². The molecule has 0 saturated carbocycles. The lowest BCUT2D eigenvalue weighted by molar-refractivity contribution is 0.102. The molecule has 8 nitrogen and oxygen atoms in total. The molecule has 1 aliphatic rings. The monoisotopic (exact) mass is 505 g/mol. The van der Waals surface area contributed by atoms with Crippen LogP contribution in [0.2, 0.25) is 0 Å². The van der Waals surface area contributed by atoms with Crippen LogP contribution in [0.5, 0.6) is 0 Å². The number of para-hydroxylation sites is 2. The molecular formula is C27H27N3O5S. The maximum absolute atomic E-state index is 12.8. The normalized spacial score (nSPS) is 13.6. The number of hydrogen-bond acceptors (Lipinski definition) is 5. The average molecular weight is 506 g/mol. The van der Waals surface area contributed by atoms with E-state index in [0.717, 1.165) is 23.3 Å². The van der Waals surface area contributed by atoms with Crippen LogP contribution in [-0.4, -0.2) is 46.4 Å². The van der Waals surface area contributed by atoms with Crippen LogP contribution in [0.1, 0.15) is 28.8 Å². The molecule has 1 aliphatic heterocycles. The average Bonchev–Trinajstić information content (AvgIpc) is 2.90. The molecule has 1 saturated heterocycles. The fourth-order valence-corrected chi connectivity index (χ4v) is 4.93. The number of carboxylic acid groups (broad SMARTS) is 1. The molecule has 0 aliphatic carbocycles. The van der Waals surface area contributed by atoms with Crippen molar-refractivity contribution in [3.63, 3.8) is 0 Å². The smallest absolute Gasteiger partial charge is 0.412 e. The number of nitrogens with one attached hydrogen (secondary N) is 2. The highest BCUT2D eigenvalue weighted by molar-refractivity contribution is 8.00. The van der Waals surface area contributed by atoms with Gasteiger partial charge < -0.3 is 20.1 Å². The number of hydrogen-bond donors (Lipinski definition) is 3. The van der Waals surface area contributed by atoms with E-state index >= 15 is 0 Å². The van der Waals surface area contributed by atoms with Crippen molar-refractivity contribution in [3.05, 3.63) is 90.0 Å². The van der Waals surface area contributed by atoms with Gasteiger partial charge in [-0.3, -0.25) is 10.1 Å². The number of carbonyl (C=O) groups excluding carboxylic acids is 2. The zero-order chi connectivity index (χ0) is 25.3. The molecule has 3 aromatic rings. The summed E-state index contributed by atoms with van der Waals surface area (Å²) in [4.78, 5) is 38.6. The molecule has 36 heavy (non-hydrogen) atoms. The second kappa shape index (κ2) is 12.1. The van der Waals surface area contributed by atoms with Crippen molar-refractivity contribution in [2.75, 3.05) is 23.7 Å². The minimum atomic E-state index is -0.866. The molecule has 0 atom stereocenters. The largest absolute Gasteiger partial charge is 0.465 e. The van der Waals surface area contributed by atoms with E-state index in [4.69, 9.17) is 9.84 Å². The molecule has 186 valence electrons. The summed E-state index contributed by atoms with van der Waals surface area (Å²) < 4.78 is 5.27. The fourth-order valence-electron chi connectivity index (χ4n) is 3.81. The van der Waals surface area contributed by atoms with Crippen molar-refractivity contribution in [2.45, 2.75) is 29.6 Å². The van der Waals surface area contributed by atoms with E-state index in [1.807, 2.05) is 42.5 Å². The number of anilines is 2. The lowest BCUT2D eigenvalue weighted by Gasteiger charge is -2.29. The zero-order valence-electron chi connectivity index (χ0n) is 19.6. The van der Waals surface area contributed by atoms with Crippen LogP contribution in [0.15, 0.2) is 83.8 Å². The van der Waals surface area contributed by atoms with Gasteiger partial charge in [0, 0.05) is 28.8 Å². The Morgan fingerprint density at radius 2 is 1.47 bits per heavy atom. The first-order valence-electron chi connectivity index (χ1n) is 11.6. The van der Waals surface area contributed by atoms with Gasteiger partial charge in [0.25, 0.3) is 5.91 Å². The zero-order valence-corrected chi connectivity index (χ0v) is 20.4. The second-order valence-corrected chi connectivity index (χ2v) is 9.67. The summed E-state index contributed by atoms with van der Waals surface area (Å²) in [5, 5.41) is 15.0. The van der Waals surface area contributed by atoms with Crippen molar-refractivity contribution in [2.24, 2.45) is 0 Å². The Balaban J connectivity index is 1.30. The molecule has 4 rings (SSSR count). The fraction of sp³-hybridized carbons (Fsp3) is 0.222. The number of likely N-dealkylation sites (tertiary alicyclic amines) is 1. The minimum absolute atomic E-state index is 0.143. The Labute approximate surface area is 213 Å². The molecule has 3 aromatic carbocycles. The highest BCUT2D eigenvalue weighted by atomic mass is 32.2. The molecule has 1 heterocycles. The number of rotatable bonds is 7. The first-order chi connectivity index (χ1) is 17.5. The van der Waals surface area contributed by atoms with E-state index < -0.39 is 12.2 Å². The maximum atomic E-state index is 12.8. The van der Waals surface area contributed by atoms with Crippen molar-refractivity contribution in [1.29, 1.82) is 0 Å². The van der Waals surface area contributed by atoms with Gasteiger partial charge in [-0.2, -0.15) is 0 Å². The number of benzene rings is 3. The molecule has 0 spiro atoms. The third-order valence-electron chi connectivity index (χ3n) is 5.76. The number of nitrogens with zero attached hydrogens (tertiary/aromatic N) is 1. The van der Waals surface area contributed by atoms with Crippen LogP contribution in [0.3, 0.4) is 0 Å². The number of ether oxygens (including phenoxy) is 1. The molecule has 3 amide bonds. The van der Waals surface area contributed by atoms with E-state index in [-0.39, 0.29) is 12.5 Å². The highest BCUT2D eigenvalue weighted by Crippen LogP contribution is 2.31. The lowest BCUT2D eigenvalue weighted by atomic mass is 10.1. The highest BCUT2D eigenvalue weighted by Gasteiger charge is 2.23. The Bertz CT molecular complexity index is 1200. The van der Waals surface area contributed by atoms with Gasteiger partial charge in [-0.05, 0) is 54.8 Å². The second-order valence-electron chi connectivity index (χ2n) is 8.30. The topological polar surface area (TPSA) is 108 Å². The molecule has 0 bridgehead atoms. The number of thioether (sulfide) groups is 1. The van der Waals surface area contributed by atoms with Crippen molar-refractivity contribution in [3.8, 4) is 0 Å². The molecule has 9 heteroatoms. The third-order valence-corrected chi connectivity index (χ3v) is 7.11. The quantitative estimate of drug-likeness (QED) is 0.368. The molecule has 0 unspecified atom stereocenters. The van der Waals surface area contributed by atoms with E-state index in [0.29, 0.717) is 35.3 Å². The number of carbonyl (C=O) groups is 3. The number of piperidine rings is 1.